The van der Waals surface area contributed by atoms with Crippen molar-refractivity contribution in [2.45, 2.75) is 40.2 Å². The van der Waals surface area contributed by atoms with E-state index in [2.05, 4.69) is 0 Å². The lowest BCUT2D eigenvalue weighted by atomic mass is 10.4. The van der Waals surface area contributed by atoms with Crippen molar-refractivity contribution in [2.75, 3.05) is 13.2 Å². The van der Waals surface area contributed by atoms with Gasteiger partial charge in [-0.3, -0.25) is 4.90 Å². The summed E-state index contributed by atoms with van der Waals surface area (Å²) in [5.74, 6) is 0. The van der Waals surface area contributed by atoms with Gasteiger partial charge in [0.1, 0.15) is 12.5 Å². The van der Waals surface area contributed by atoms with Crippen LogP contribution in [0.2, 0.25) is 0 Å². The first kappa shape index (κ1) is 13.2. The van der Waals surface area contributed by atoms with Crippen molar-refractivity contribution in [3.8, 4) is 0 Å². The minimum Gasteiger partial charge on any atom is -0.465 e. The van der Waals surface area contributed by atoms with E-state index in [0.29, 0.717) is 13.2 Å². The van der Waals surface area contributed by atoms with Gasteiger partial charge in [0.2, 0.25) is 0 Å². The van der Waals surface area contributed by atoms with E-state index in [1.54, 1.807) is 13.8 Å². The fourth-order valence-electron chi connectivity index (χ4n) is 1.25. The summed E-state index contributed by atoms with van der Waals surface area (Å²) in [4.78, 5) is 12.0. The Balaban J connectivity index is 4.33. The highest BCUT2D eigenvalue weighted by molar-refractivity contribution is 5.65. The normalized spacial score (nSPS) is 14.9. The molecular weight excluding hydrogens is 186 g/mol. The highest BCUT2D eigenvalue weighted by Gasteiger charge is 2.25. The zero-order valence-corrected chi connectivity index (χ0v) is 9.19. The first-order valence-corrected chi connectivity index (χ1v) is 4.79. The lowest BCUT2D eigenvalue weighted by Gasteiger charge is -2.31. The van der Waals surface area contributed by atoms with Crippen molar-refractivity contribution in [3.05, 3.63) is 0 Å². The monoisotopic (exact) mass is 205 g/mol. The maximum atomic E-state index is 10.9. The number of hydrogen-bond acceptors (Lipinski definition) is 3. The Morgan fingerprint density at radius 3 is 1.79 bits per heavy atom. The van der Waals surface area contributed by atoms with Gasteiger partial charge in [0, 0.05) is 13.2 Å². The molecule has 2 unspecified atom stereocenters. The molecule has 0 saturated carbocycles. The Morgan fingerprint density at radius 1 is 1.21 bits per heavy atom. The molecule has 0 fully saturated rings. The van der Waals surface area contributed by atoms with Crippen LogP contribution < -0.4 is 0 Å². The van der Waals surface area contributed by atoms with Crippen molar-refractivity contribution in [1.82, 2.24) is 4.90 Å². The molecule has 14 heavy (non-hydrogen) atoms. The molecular formula is C9H19NO4. The highest BCUT2D eigenvalue weighted by Crippen LogP contribution is 2.08. The molecule has 0 bridgehead atoms. The third kappa shape index (κ3) is 3.93. The van der Waals surface area contributed by atoms with Crippen LogP contribution in [0, 0.1) is 0 Å². The number of nitrogens with zero attached hydrogens (tertiary/aromatic N) is 1. The van der Waals surface area contributed by atoms with Crippen LogP contribution in [-0.2, 0) is 9.47 Å². The quantitative estimate of drug-likeness (QED) is 0.671. The molecule has 0 aliphatic carbocycles. The molecule has 0 radical (unpaired) electrons. The van der Waals surface area contributed by atoms with Crippen LogP contribution in [0.3, 0.4) is 0 Å². The van der Waals surface area contributed by atoms with Crippen molar-refractivity contribution in [1.29, 1.82) is 0 Å². The SMILES string of the molecule is CCOC(C)N(C(=O)O)C(C)OCC. The summed E-state index contributed by atoms with van der Waals surface area (Å²) in [6.07, 6.45) is -2.01. The Bertz CT molecular complexity index is 162. The summed E-state index contributed by atoms with van der Waals surface area (Å²) >= 11 is 0. The molecule has 0 aliphatic heterocycles. The molecule has 0 heterocycles. The minimum atomic E-state index is -1.04. The summed E-state index contributed by atoms with van der Waals surface area (Å²) < 4.78 is 10.4. The summed E-state index contributed by atoms with van der Waals surface area (Å²) in [7, 11) is 0. The minimum absolute atomic E-state index is 0.476. The first-order chi connectivity index (χ1) is 6.54. The second-order valence-electron chi connectivity index (χ2n) is 2.80. The van der Waals surface area contributed by atoms with Gasteiger partial charge in [-0.1, -0.05) is 0 Å². The van der Waals surface area contributed by atoms with E-state index in [1.165, 1.54) is 0 Å². The molecule has 0 saturated heterocycles. The first-order valence-electron chi connectivity index (χ1n) is 4.79. The Hall–Kier alpha value is -0.810. The number of rotatable bonds is 6. The zero-order chi connectivity index (χ0) is 11.1. The van der Waals surface area contributed by atoms with Gasteiger partial charge in [0.15, 0.2) is 0 Å². The average Bonchev–Trinajstić information content (AvgIpc) is 2.04. The number of hydrogen-bond donors (Lipinski definition) is 1. The van der Waals surface area contributed by atoms with Crippen LogP contribution in [0.1, 0.15) is 27.7 Å². The summed E-state index contributed by atoms with van der Waals surface area (Å²) in [5.41, 5.74) is 0. The molecule has 0 aliphatic rings. The topological polar surface area (TPSA) is 59.0 Å². The van der Waals surface area contributed by atoms with Gasteiger partial charge < -0.3 is 14.6 Å². The fraction of sp³-hybridized carbons (Fsp3) is 0.889. The molecule has 0 rings (SSSR count). The standard InChI is InChI=1S/C9H19NO4/c1-5-13-7(3)10(9(11)12)8(4)14-6-2/h7-8H,5-6H2,1-4H3,(H,11,12). The van der Waals surface area contributed by atoms with Crippen molar-refractivity contribution in [2.24, 2.45) is 0 Å². The third-order valence-electron chi connectivity index (χ3n) is 1.82. The molecule has 1 amide bonds. The second kappa shape index (κ2) is 6.62. The van der Waals surface area contributed by atoms with E-state index >= 15 is 0 Å². The lowest BCUT2D eigenvalue weighted by molar-refractivity contribution is -0.118. The van der Waals surface area contributed by atoms with Crippen LogP contribution >= 0.6 is 0 Å². The van der Waals surface area contributed by atoms with Crippen molar-refractivity contribution >= 4 is 6.09 Å². The predicted octanol–water partition coefficient (Wildman–Crippen LogP) is 1.73. The number of carboxylic acid groups (broad SMARTS) is 1. The van der Waals surface area contributed by atoms with E-state index in [4.69, 9.17) is 14.6 Å². The maximum absolute atomic E-state index is 10.9. The Morgan fingerprint density at radius 2 is 1.57 bits per heavy atom. The molecule has 1 N–H and O–H groups in total. The molecule has 0 aromatic rings. The van der Waals surface area contributed by atoms with Gasteiger partial charge in [-0.25, -0.2) is 4.79 Å². The smallest absolute Gasteiger partial charge is 0.411 e. The molecule has 0 spiro atoms. The molecule has 84 valence electrons. The number of carbonyl (C=O) groups is 1. The summed E-state index contributed by atoms with van der Waals surface area (Å²) in [6.45, 7) is 7.97. The predicted molar refractivity (Wildman–Crippen MR) is 52.0 cm³/mol. The fourth-order valence-corrected chi connectivity index (χ4v) is 1.25. The van der Waals surface area contributed by atoms with E-state index in [0.717, 1.165) is 4.90 Å². The van der Waals surface area contributed by atoms with Gasteiger partial charge >= 0.3 is 6.09 Å². The van der Waals surface area contributed by atoms with Gasteiger partial charge in [-0.05, 0) is 27.7 Å². The van der Waals surface area contributed by atoms with Crippen LogP contribution in [0.5, 0.6) is 0 Å². The Kier molecular flexibility index (Phi) is 6.23. The summed E-state index contributed by atoms with van der Waals surface area (Å²) in [5, 5.41) is 8.93. The van der Waals surface area contributed by atoms with E-state index in [9.17, 15) is 4.79 Å². The molecule has 0 aromatic carbocycles. The van der Waals surface area contributed by atoms with Crippen LogP contribution in [0.25, 0.3) is 0 Å². The van der Waals surface area contributed by atoms with E-state index in [1.807, 2.05) is 13.8 Å². The number of amides is 1. The zero-order valence-electron chi connectivity index (χ0n) is 9.19. The van der Waals surface area contributed by atoms with Gasteiger partial charge in [0.05, 0.1) is 0 Å². The highest BCUT2D eigenvalue weighted by atomic mass is 16.5. The molecule has 2 atom stereocenters. The lowest BCUT2D eigenvalue weighted by Crippen LogP contribution is -2.46. The van der Waals surface area contributed by atoms with E-state index < -0.39 is 18.5 Å². The van der Waals surface area contributed by atoms with Gasteiger partial charge in [-0.15, -0.1) is 0 Å². The second-order valence-corrected chi connectivity index (χ2v) is 2.80. The molecule has 5 nitrogen and oxygen atoms in total. The average molecular weight is 205 g/mol. The van der Waals surface area contributed by atoms with Crippen LogP contribution in [0.4, 0.5) is 4.79 Å². The molecule has 0 aromatic heterocycles. The molecule has 5 heteroatoms. The van der Waals surface area contributed by atoms with Gasteiger partial charge in [0.25, 0.3) is 0 Å². The van der Waals surface area contributed by atoms with E-state index in [-0.39, 0.29) is 0 Å². The maximum Gasteiger partial charge on any atom is 0.411 e. The third-order valence-corrected chi connectivity index (χ3v) is 1.82. The van der Waals surface area contributed by atoms with Crippen molar-refractivity contribution in [3.63, 3.8) is 0 Å². The number of ether oxygens (including phenoxy) is 2. The largest absolute Gasteiger partial charge is 0.465 e. The van der Waals surface area contributed by atoms with Crippen LogP contribution in [0.15, 0.2) is 0 Å². The van der Waals surface area contributed by atoms with Crippen LogP contribution in [-0.4, -0.2) is 41.8 Å². The van der Waals surface area contributed by atoms with Crippen molar-refractivity contribution < 1.29 is 19.4 Å². The van der Waals surface area contributed by atoms with Gasteiger partial charge in [-0.2, -0.15) is 0 Å². The Labute approximate surface area is 84.6 Å². The summed E-state index contributed by atoms with van der Waals surface area (Å²) in [6, 6.07) is 0.